The van der Waals surface area contributed by atoms with Gasteiger partial charge in [-0.05, 0) is 59.7 Å². The van der Waals surface area contributed by atoms with Gasteiger partial charge in [0.2, 0.25) is 0 Å². The van der Waals surface area contributed by atoms with Gasteiger partial charge in [-0.25, -0.2) is 9.98 Å². The molecule has 0 amide bonds. The Morgan fingerprint density at radius 3 is 2.45 bits per heavy atom. The molecule has 1 N–H and O–H groups in total. The van der Waals surface area contributed by atoms with E-state index in [-0.39, 0.29) is 6.17 Å². The van der Waals surface area contributed by atoms with E-state index in [0.29, 0.717) is 17.0 Å². The van der Waals surface area contributed by atoms with Crippen LogP contribution in [0.25, 0.3) is 32.7 Å². The molecular formula is C49H36N4OS. The minimum absolute atomic E-state index is 0.329. The average Bonchev–Trinajstić information content (AvgIpc) is 3.83. The number of allylic oxidation sites excluding steroid dienone is 7. The highest BCUT2D eigenvalue weighted by Crippen LogP contribution is 2.50. The molecule has 1 aromatic heterocycles. The van der Waals surface area contributed by atoms with E-state index < -0.39 is 0 Å². The number of aliphatic imine (C=N–C) groups is 2. The van der Waals surface area contributed by atoms with Gasteiger partial charge < -0.3 is 14.6 Å². The topological polar surface area (TPSA) is 53.1 Å². The lowest BCUT2D eigenvalue weighted by molar-refractivity contribution is 0.670. The number of rotatable bonds is 6. The Hall–Kier alpha value is -6.37. The maximum Gasteiger partial charge on any atom is 0.159 e. The van der Waals surface area contributed by atoms with Gasteiger partial charge >= 0.3 is 0 Å². The fraction of sp³-hybridized carbons (Fsp3) is 0.102. The van der Waals surface area contributed by atoms with E-state index >= 15 is 0 Å². The minimum Gasteiger partial charge on any atom is -0.455 e. The molecule has 264 valence electrons. The zero-order chi connectivity index (χ0) is 36.3. The summed E-state index contributed by atoms with van der Waals surface area (Å²) in [7, 11) is 0. The maximum absolute atomic E-state index is 6.98. The van der Waals surface area contributed by atoms with Crippen molar-refractivity contribution in [1.82, 2.24) is 5.32 Å². The molecule has 7 aromatic rings. The number of hydrogen-bond acceptors (Lipinski definition) is 6. The van der Waals surface area contributed by atoms with E-state index in [1.807, 2.05) is 36.0 Å². The Bertz CT molecular complexity index is 2850. The Kier molecular flexibility index (Phi) is 7.69. The molecule has 3 heterocycles. The molecule has 2 aliphatic heterocycles. The SMILES string of the molecule is C1=CCCC(N(c2ccc3c(c2)SC2C=CC=CC32)c2cc(C3=NC(c4ccccc4)=NC(c4ccccc4)N3)c3c(c2)oc2c4ccccc4ccc23)=C1. The lowest BCUT2D eigenvalue weighted by Gasteiger charge is -2.30. The first-order chi connectivity index (χ1) is 27.2. The van der Waals surface area contributed by atoms with Crippen LogP contribution in [-0.2, 0) is 0 Å². The van der Waals surface area contributed by atoms with Gasteiger partial charge in [0.25, 0.3) is 0 Å². The number of fused-ring (bicyclic) bond motifs is 8. The zero-order valence-corrected chi connectivity index (χ0v) is 30.8. The summed E-state index contributed by atoms with van der Waals surface area (Å²) >= 11 is 1.96. The molecule has 6 aromatic carbocycles. The molecule has 6 heteroatoms. The normalized spacial score (nSPS) is 19.9. The predicted octanol–water partition coefficient (Wildman–Crippen LogP) is 12.3. The van der Waals surface area contributed by atoms with Gasteiger partial charge in [-0.3, -0.25) is 0 Å². The first-order valence-electron chi connectivity index (χ1n) is 19.0. The van der Waals surface area contributed by atoms with E-state index in [2.05, 4.69) is 156 Å². The van der Waals surface area contributed by atoms with Crippen LogP contribution >= 0.6 is 11.8 Å². The molecule has 55 heavy (non-hydrogen) atoms. The third-order valence-corrected chi connectivity index (χ3v) is 12.4. The van der Waals surface area contributed by atoms with Gasteiger partial charge in [0.1, 0.15) is 23.2 Å². The molecule has 11 rings (SSSR count). The second kappa shape index (κ2) is 13.2. The summed E-state index contributed by atoms with van der Waals surface area (Å²) in [5.74, 6) is 1.86. The largest absolute Gasteiger partial charge is 0.455 e. The number of nitrogens with one attached hydrogen (secondary N) is 1. The van der Waals surface area contributed by atoms with E-state index in [1.54, 1.807) is 0 Å². The van der Waals surface area contributed by atoms with Crippen molar-refractivity contribution in [3.63, 3.8) is 0 Å². The first kappa shape index (κ1) is 32.1. The van der Waals surface area contributed by atoms with Crippen LogP contribution in [-0.4, -0.2) is 16.9 Å². The molecule has 0 bridgehead atoms. The van der Waals surface area contributed by atoms with Crippen LogP contribution in [0.2, 0.25) is 0 Å². The van der Waals surface area contributed by atoms with Gasteiger partial charge in [0.15, 0.2) is 5.84 Å². The predicted molar refractivity (Wildman–Crippen MR) is 229 cm³/mol. The summed E-state index contributed by atoms with van der Waals surface area (Å²) in [4.78, 5) is 14.3. The Labute approximate surface area is 323 Å². The van der Waals surface area contributed by atoms with Crippen molar-refractivity contribution in [2.75, 3.05) is 4.90 Å². The molecule has 5 nitrogen and oxygen atoms in total. The van der Waals surface area contributed by atoms with Crippen LogP contribution in [0.15, 0.2) is 195 Å². The summed E-state index contributed by atoms with van der Waals surface area (Å²) < 4.78 is 6.98. The molecule has 0 spiro atoms. The van der Waals surface area contributed by atoms with Gasteiger partial charge in [0.05, 0.1) is 5.69 Å². The van der Waals surface area contributed by atoms with E-state index in [4.69, 9.17) is 14.4 Å². The highest BCUT2D eigenvalue weighted by molar-refractivity contribution is 8.00. The summed E-state index contributed by atoms with van der Waals surface area (Å²) in [5.41, 5.74) is 9.51. The fourth-order valence-electron chi connectivity index (χ4n) is 8.47. The van der Waals surface area contributed by atoms with E-state index in [1.165, 1.54) is 16.2 Å². The highest BCUT2D eigenvalue weighted by atomic mass is 32.2. The fourth-order valence-corrected chi connectivity index (χ4v) is 9.84. The van der Waals surface area contributed by atoms with Crippen molar-refractivity contribution in [1.29, 1.82) is 0 Å². The van der Waals surface area contributed by atoms with Crippen LogP contribution in [0.5, 0.6) is 0 Å². The number of furan rings is 1. The second-order valence-electron chi connectivity index (χ2n) is 14.4. The maximum atomic E-state index is 6.98. The van der Waals surface area contributed by atoms with Crippen molar-refractivity contribution in [2.45, 2.75) is 35.1 Å². The van der Waals surface area contributed by atoms with E-state index in [9.17, 15) is 0 Å². The molecule has 0 saturated heterocycles. The van der Waals surface area contributed by atoms with Gasteiger partial charge in [-0.2, -0.15) is 0 Å². The number of nitrogens with zero attached hydrogens (tertiary/aromatic N) is 3. The van der Waals surface area contributed by atoms with Crippen molar-refractivity contribution < 1.29 is 4.42 Å². The summed E-state index contributed by atoms with van der Waals surface area (Å²) in [5, 5.41) is 8.54. The van der Waals surface area contributed by atoms with Crippen LogP contribution in [0.3, 0.4) is 0 Å². The third kappa shape index (κ3) is 5.55. The first-order valence-corrected chi connectivity index (χ1v) is 19.9. The Balaban J connectivity index is 1.15. The van der Waals surface area contributed by atoms with Crippen molar-refractivity contribution in [3.05, 3.63) is 198 Å². The number of thioether (sulfide) groups is 1. The number of anilines is 2. The number of amidine groups is 2. The number of hydrogen-bond donors (Lipinski definition) is 1. The van der Waals surface area contributed by atoms with Crippen LogP contribution < -0.4 is 10.2 Å². The smallest absolute Gasteiger partial charge is 0.159 e. The van der Waals surface area contributed by atoms with Crippen molar-refractivity contribution in [3.8, 4) is 0 Å². The molecule has 4 aliphatic rings. The summed E-state index contributed by atoms with van der Waals surface area (Å²) in [6, 6.07) is 45.1. The summed E-state index contributed by atoms with van der Waals surface area (Å²) in [6.45, 7) is 0. The van der Waals surface area contributed by atoms with Crippen molar-refractivity contribution in [2.24, 2.45) is 9.98 Å². The Morgan fingerprint density at radius 1 is 0.745 bits per heavy atom. The van der Waals surface area contributed by atoms with Crippen molar-refractivity contribution >= 4 is 67.5 Å². The molecule has 2 aliphatic carbocycles. The summed E-state index contributed by atoms with van der Waals surface area (Å²) in [6.07, 6.45) is 17.3. The second-order valence-corrected chi connectivity index (χ2v) is 15.6. The van der Waals surface area contributed by atoms with E-state index in [0.717, 1.165) is 79.5 Å². The van der Waals surface area contributed by atoms with Crippen LogP contribution in [0, 0.1) is 0 Å². The van der Waals surface area contributed by atoms with Gasteiger partial charge in [-0.1, -0.05) is 134 Å². The molecule has 0 radical (unpaired) electrons. The van der Waals surface area contributed by atoms with Crippen LogP contribution in [0.4, 0.5) is 11.4 Å². The van der Waals surface area contributed by atoms with Gasteiger partial charge in [0, 0.05) is 60.8 Å². The number of benzene rings is 6. The third-order valence-electron chi connectivity index (χ3n) is 11.1. The quantitative estimate of drug-likeness (QED) is 0.185. The molecule has 0 saturated carbocycles. The average molecular weight is 729 g/mol. The lowest BCUT2D eigenvalue weighted by Crippen LogP contribution is -2.33. The molecule has 3 atom stereocenters. The Morgan fingerprint density at radius 2 is 1.58 bits per heavy atom. The lowest BCUT2D eigenvalue weighted by atomic mass is 9.92. The molecule has 3 unspecified atom stereocenters. The minimum atomic E-state index is -0.329. The van der Waals surface area contributed by atoms with Crippen LogP contribution in [0.1, 0.15) is 47.2 Å². The highest BCUT2D eigenvalue weighted by Gasteiger charge is 2.32. The monoisotopic (exact) mass is 728 g/mol. The molecular weight excluding hydrogens is 693 g/mol. The standard InChI is InChI=1S/C49H36N4OS/c1-4-15-32(16-5-1)47-50-48(33-17-6-2-7-18-33)52-49(51-47)41-28-36(29-42-45(41)40-26-24-31-14-10-11-21-37(31)46(40)54-42)53(34-19-8-3-9-20-34)35-25-27-39-38-22-12-13-23-43(38)55-44(39)30-35/h1-8,10-19,21-30,38,43,47H,9,20H2,(H,50,51,52). The van der Waals surface area contributed by atoms with Gasteiger partial charge in [-0.15, -0.1) is 11.8 Å². The molecule has 0 fully saturated rings. The zero-order valence-electron chi connectivity index (χ0n) is 30.0.